The van der Waals surface area contributed by atoms with Crippen molar-refractivity contribution < 1.29 is 4.79 Å². The molecule has 26 heavy (non-hydrogen) atoms. The molecule has 0 atom stereocenters. The highest BCUT2D eigenvalue weighted by Crippen LogP contribution is 2.21. The van der Waals surface area contributed by atoms with Gasteiger partial charge in [0.1, 0.15) is 0 Å². The fourth-order valence-electron chi connectivity index (χ4n) is 2.56. The number of aryl methyl sites for hydroxylation is 4. The molecule has 6 nitrogen and oxygen atoms in total. The van der Waals surface area contributed by atoms with E-state index < -0.39 is 0 Å². The van der Waals surface area contributed by atoms with Gasteiger partial charge in [0.25, 0.3) is 0 Å². The minimum absolute atomic E-state index is 0.0865. The molecule has 1 heterocycles. The van der Waals surface area contributed by atoms with Crippen molar-refractivity contribution >= 4 is 23.4 Å². The van der Waals surface area contributed by atoms with E-state index in [-0.39, 0.29) is 11.7 Å². The third kappa shape index (κ3) is 4.11. The number of benzene rings is 2. The summed E-state index contributed by atoms with van der Waals surface area (Å²) in [4.78, 5) is 12.3. The third-order valence-electron chi connectivity index (χ3n) is 4.16. The van der Waals surface area contributed by atoms with Crippen LogP contribution in [0.1, 0.15) is 22.3 Å². The Bertz CT molecular complexity index is 951. The van der Waals surface area contributed by atoms with Gasteiger partial charge >= 0.3 is 0 Å². The van der Waals surface area contributed by atoms with E-state index in [4.69, 9.17) is 0 Å². The van der Waals surface area contributed by atoms with Crippen LogP contribution in [0.3, 0.4) is 0 Å². The van der Waals surface area contributed by atoms with Crippen molar-refractivity contribution in [3.05, 3.63) is 58.7 Å². The van der Waals surface area contributed by atoms with E-state index in [1.807, 2.05) is 57.2 Å². The Morgan fingerprint density at radius 1 is 1.04 bits per heavy atom. The second-order valence-electron chi connectivity index (χ2n) is 6.30. The summed E-state index contributed by atoms with van der Waals surface area (Å²) in [5.41, 5.74) is 6.31. The molecule has 0 bridgehead atoms. The highest BCUT2D eigenvalue weighted by molar-refractivity contribution is 7.99. The summed E-state index contributed by atoms with van der Waals surface area (Å²) in [7, 11) is 0. The molecule has 0 aliphatic carbocycles. The zero-order chi connectivity index (χ0) is 18.7. The van der Waals surface area contributed by atoms with Crippen molar-refractivity contribution in [2.45, 2.75) is 32.9 Å². The molecule has 0 aliphatic heterocycles. The molecule has 0 spiro atoms. The van der Waals surface area contributed by atoms with Gasteiger partial charge in [-0.15, -0.1) is 5.10 Å². The van der Waals surface area contributed by atoms with Crippen LogP contribution in [0.15, 0.2) is 41.6 Å². The molecule has 3 aromatic rings. The quantitative estimate of drug-likeness (QED) is 0.697. The summed E-state index contributed by atoms with van der Waals surface area (Å²) < 4.78 is 1.65. The lowest BCUT2D eigenvalue weighted by atomic mass is 10.1. The van der Waals surface area contributed by atoms with Gasteiger partial charge in [0.15, 0.2) is 0 Å². The number of nitrogens with one attached hydrogen (secondary N) is 1. The van der Waals surface area contributed by atoms with Crippen LogP contribution in [0.4, 0.5) is 5.69 Å². The number of carbonyl (C=O) groups is 1. The van der Waals surface area contributed by atoms with Crippen molar-refractivity contribution in [2.24, 2.45) is 0 Å². The highest BCUT2D eigenvalue weighted by atomic mass is 32.2. The summed E-state index contributed by atoms with van der Waals surface area (Å²) in [6, 6.07) is 12.0. The van der Waals surface area contributed by atoms with Crippen molar-refractivity contribution in [3.63, 3.8) is 0 Å². The second kappa shape index (κ2) is 7.70. The second-order valence-corrected chi connectivity index (χ2v) is 7.24. The van der Waals surface area contributed by atoms with Gasteiger partial charge in [0.2, 0.25) is 11.1 Å². The largest absolute Gasteiger partial charge is 0.325 e. The average molecular weight is 367 g/mol. The lowest BCUT2D eigenvalue weighted by Gasteiger charge is -2.09. The molecule has 0 aliphatic rings. The van der Waals surface area contributed by atoms with E-state index in [0.717, 1.165) is 16.9 Å². The van der Waals surface area contributed by atoms with Gasteiger partial charge < -0.3 is 5.32 Å². The lowest BCUT2D eigenvalue weighted by Crippen LogP contribution is -2.15. The van der Waals surface area contributed by atoms with Crippen LogP contribution in [-0.2, 0) is 4.79 Å². The Hall–Kier alpha value is -2.67. The molecule has 2 aromatic carbocycles. The first-order valence-electron chi connectivity index (χ1n) is 8.30. The normalized spacial score (nSPS) is 10.8. The van der Waals surface area contributed by atoms with Gasteiger partial charge in [-0.1, -0.05) is 35.5 Å². The van der Waals surface area contributed by atoms with Crippen LogP contribution in [0.2, 0.25) is 0 Å². The van der Waals surface area contributed by atoms with Gasteiger partial charge in [0, 0.05) is 5.69 Å². The minimum atomic E-state index is -0.0865. The Morgan fingerprint density at radius 3 is 2.58 bits per heavy atom. The molecule has 7 heteroatoms. The first-order chi connectivity index (χ1) is 12.4. The molecule has 1 amide bonds. The Kier molecular flexibility index (Phi) is 5.37. The summed E-state index contributed by atoms with van der Waals surface area (Å²) in [5.74, 6) is 0.148. The number of rotatable bonds is 5. The zero-order valence-corrected chi connectivity index (χ0v) is 16.1. The molecule has 0 unspecified atom stereocenters. The van der Waals surface area contributed by atoms with Crippen LogP contribution >= 0.6 is 11.8 Å². The zero-order valence-electron chi connectivity index (χ0n) is 15.3. The summed E-state index contributed by atoms with van der Waals surface area (Å²) >= 11 is 1.31. The highest BCUT2D eigenvalue weighted by Gasteiger charge is 2.13. The maximum Gasteiger partial charge on any atom is 0.234 e. The molecular formula is C19H21N5OS. The Balaban J connectivity index is 1.68. The van der Waals surface area contributed by atoms with Crippen molar-refractivity contribution in [2.75, 3.05) is 11.1 Å². The van der Waals surface area contributed by atoms with E-state index in [2.05, 4.69) is 27.8 Å². The van der Waals surface area contributed by atoms with Crippen LogP contribution in [0.25, 0.3) is 5.69 Å². The standard InChI is InChI=1S/C19H21N5OS/c1-12-5-8-17(15(4)9-12)20-18(25)11-26-19-21-22-23-24(19)16-7-6-13(2)14(3)10-16/h5-10H,11H2,1-4H3,(H,20,25). The number of tetrazole rings is 1. The first kappa shape index (κ1) is 18.1. The lowest BCUT2D eigenvalue weighted by molar-refractivity contribution is -0.113. The number of thioether (sulfide) groups is 1. The van der Waals surface area contributed by atoms with Crippen molar-refractivity contribution in [3.8, 4) is 5.69 Å². The summed E-state index contributed by atoms with van der Waals surface area (Å²) in [6.07, 6.45) is 0. The summed E-state index contributed by atoms with van der Waals surface area (Å²) in [5, 5.41) is 15.4. The Morgan fingerprint density at radius 2 is 1.85 bits per heavy atom. The van der Waals surface area contributed by atoms with Crippen LogP contribution in [-0.4, -0.2) is 31.9 Å². The van der Waals surface area contributed by atoms with E-state index in [9.17, 15) is 4.79 Å². The van der Waals surface area contributed by atoms with Crippen molar-refractivity contribution in [1.82, 2.24) is 20.2 Å². The predicted octanol–water partition coefficient (Wildman–Crippen LogP) is 3.63. The maximum atomic E-state index is 12.3. The molecule has 134 valence electrons. The number of amides is 1. The van der Waals surface area contributed by atoms with Gasteiger partial charge in [-0.2, -0.15) is 4.68 Å². The number of aromatic nitrogens is 4. The van der Waals surface area contributed by atoms with E-state index in [1.165, 1.54) is 28.5 Å². The number of hydrogen-bond donors (Lipinski definition) is 1. The van der Waals surface area contributed by atoms with Gasteiger partial charge in [-0.3, -0.25) is 4.79 Å². The minimum Gasteiger partial charge on any atom is -0.325 e. The molecule has 1 N–H and O–H groups in total. The summed E-state index contributed by atoms with van der Waals surface area (Å²) in [6.45, 7) is 8.12. The topological polar surface area (TPSA) is 72.7 Å². The smallest absolute Gasteiger partial charge is 0.234 e. The van der Waals surface area contributed by atoms with Crippen LogP contribution < -0.4 is 5.32 Å². The average Bonchev–Trinajstić information content (AvgIpc) is 3.06. The number of nitrogens with zero attached hydrogens (tertiary/aromatic N) is 4. The molecular weight excluding hydrogens is 346 g/mol. The fourth-order valence-corrected chi connectivity index (χ4v) is 3.25. The molecule has 0 saturated heterocycles. The first-order valence-corrected chi connectivity index (χ1v) is 9.28. The number of anilines is 1. The van der Waals surface area contributed by atoms with E-state index in [1.54, 1.807) is 4.68 Å². The van der Waals surface area contributed by atoms with Gasteiger partial charge in [0.05, 0.1) is 11.4 Å². The van der Waals surface area contributed by atoms with E-state index >= 15 is 0 Å². The molecule has 0 saturated carbocycles. The van der Waals surface area contributed by atoms with Crippen LogP contribution in [0, 0.1) is 27.7 Å². The van der Waals surface area contributed by atoms with Gasteiger partial charge in [-0.25, -0.2) is 0 Å². The molecule has 1 aromatic heterocycles. The molecule has 0 fully saturated rings. The molecule has 0 radical (unpaired) electrons. The van der Waals surface area contributed by atoms with Crippen molar-refractivity contribution in [1.29, 1.82) is 0 Å². The third-order valence-corrected chi connectivity index (χ3v) is 5.08. The number of hydrogen-bond acceptors (Lipinski definition) is 5. The fraction of sp³-hybridized carbons (Fsp3) is 0.263. The van der Waals surface area contributed by atoms with Crippen LogP contribution in [0.5, 0.6) is 0 Å². The number of carbonyl (C=O) groups excluding carboxylic acids is 1. The molecule has 3 rings (SSSR count). The van der Waals surface area contributed by atoms with Gasteiger partial charge in [-0.05, 0) is 73.0 Å². The maximum absolute atomic E-state index is 12.3. The monoisotopic (exact) mass is 367 g/mol. The predicted molar refractivity (Wildman–Crippen MR) is 104 cm³/mol. The SMILES string of the molecule is Cc1ccc(NC(=O)CSc2nnnn2-c2ccc(C)c(C)c2)c(C)c1. The van der Waals surface area contributed by atoms with E-state index in [0.29, 0.717) is 5.16 Å². The Labute approximate surface area is 157 Å².